The summed E-state index contributed by atoms with van der Waals surface area (Å²) in [5.74, 6) is 1.61. The zero-order valence-electron chi connectivity index (χ0n) is 13.1. The van der Waals surface area contributed by atoms with Gasteiger partial charge in [-0.05, 0) is 41.8 Å². The van der Waals surface area contributed by atoms with E-state index in [1.54, 1.807) is 14.2 Å². The van der Waals surface area contributed by atoms with Crippen LogP contribution in [0.1, 0.15) is 24.5 Å². The van der Waals surface area contributed by atoms with Crippen LogP contribution in [0.2, 0.25) is 0 Å². The molecule has 0 bridgehead atoms. The van der Waals surface area contributed by atoms with Crippen molar-refractivity contribution in [1.82, 2.24) is 0 Å². The number of rotatable bonds is 5. The van der Waals surface area contributed by atoms with Gasteiger partial charge in [0.1, 0.15) is 17.8 Å². The lowest BCUT2D eigenvalue weighted by atomic mass is 9.81. The van der Waals surface area contributed by atoms with E-state index < -0.39 is 5.41 Å². The van der Waals surface area contributed by atoms with Gasteiger partial charge in [0.15, 0.2) is 0 Å². The predicted octanol–water partition coefficient (Wildman–Crippen LogP) is 3.60. The highest BCUT2D eigenvalue weighted by molar-refractivity contribution is 5.74. The van der Waals surface area contributed by atoms with Gasteiger partial charge in [-0.2, -0.15) is 0 Å². The molecule has 0 radical (unpaired) electrons. The number of ether oxygens (including phenoxy) is 2. The molecule has 2 aromatic rings. The molecule has 1 saturated carbocycles. The van der Waals surface area contributed by atoms with E-state index in [0.29, 0.717) is 0 Å². The third-order valence-electron chi connectivity index (χ3n) is 4.87. The van der Waals surface area contributed by atoms with Crippen molar-refractivity contribution in [2.24, 2.45) is 5.41 Å². The molecule has 1 fully saturated rings. The lowest BCUT2D eigenvalue weighted by Crippen LogP contribution is -2.19. The SMILES string of the molecule is COc1cccc(C2(c3cccc(OC)c3)CC2(C)C=O)c1. The minimum absolute atomic E-state index is 0.308. The number of hydrogen-bond acceptors (Lipinski definition) is 3. The Morgan fingerprint density at radius 2 is 1.45 bits per heavy atom. The van der Waals surface area contributed by atoms with Gasteiger partial charge in [0.05, 0.1) is 14.2 Å². The third-order valence-corrected chi connectivity index (χ3v) is 4.87. The third kappa shape index (κ3) is 2.00. The molecule has 0 heterocycles. The summed E-state index contributed by atoms with van der Waals surface area (Å²) < 4.78 is 10.7. The zero-order chi connectivity index (χ0) is 15.8. The van der Waals surface area contributed by atoms with Gasteiger partial charge in [0, 0.05) is 10.8 Å². The molecule has 1 aliphatic carbocycles. The van der Waals surface area contributed by atoms with Crippen molar-refractivity contribution in [3.63, 3.8) is 0 Å². The number of carbonyl (C=O) groups excluding carboxylic acids is 1. The Labute approximate surface area is 130 Å². The van der Waals surface area contributed by atoms with E-state index in [-0.39, 0.29) is 5.41 Å². The Bertz CT molecular complexity index is 660. The van der Waals surface area contributed by atoms with Crippen LogP contribution < -0.4 is 9.47 Å². The van der Waals surface area contributed by atoms with E-state index in [0.717, 1.165) is 35.3 Å². The van der Waals surface area contributed by atoms with Crippen molar-refractivity contribution in [2.75, 3.05) is 14.2 Å². The Morgan fingerprint density at radius 1 is 0.955 bits per heavy atom. The van der Waals surface area contributed by atoms with Gasteiger partial charge in [-0.15, -0.1) is 0 Å². The molecule has 3 rings (SSSR count). The van der Waals surface area contributed by atoms with Crippen molar-refractivity contribution < 1.29 is 14.3 Å². The summed E-state index contributed by atoms with van der Waals surface area (Å²) in [6.45, 7) is 2.01. The molecule has 0 aromatic heterocycles. The molecule has 3 nitrogen and oxygen atoms in total. The van der Waals surface area contributed by atoms with Crippen LogP contribution in [0.5, 0.6) is 11.5 Å². The number of hydrogen-bond donors (Lipinski definition) is 0. The summed E-state index contributed by atoms with van der Waals surface area (Å²) in [4.78, 5) is 11.7. The van der Waals surface area contributed by atoms with Gasteiger partial charge in [0.25, 0.3) is 0 Å². The second-order valence-electron chi connectivity index (χ2n) is 6.08. The van der Waals surface area contributed by atoms with E-state index in [4.69, 9.17) is 9.47 Å². The molecule has 1 unspecified atom stereocenters. The first-order valence-electron chi connectivity index (χ1n) is 7.35. The van der Waals surface area contributed by atoms with Gasteiger partial charge in [0.2, 0.25) is 0 Å². The Hall–Kier alpha value is -2.29. The first-order valence-corrected chi connectivity index (χ1v) is 7.35. The fourth-order valence-corrected chi connectivity index (χ4v) is 3.46. The second-order valence-corrected chi connectivity index (χ2v) is 6.08. The van der Waals surface area contributed by atoms with Gasteiger partial charge in [-0.3, -0.25) is 0 Å². The first kappa shape index (κ1) is 14.6. The molecule has 0 N–H and O–H groups in total. The molecular formula is C19H20O3. The molecule has 22 heavy (non-hydrogen) atoms. The molecular weight excluding hydrogens is 276 g/mol. The average Bonchev–Trinajstić information content (AvgIpc) is 3.23. The van der Waals surface area contributed by atoms with Crippen LogP contribution in [0.4, 0.5) is 0 Å². The summed E-state index contributed by atoms with van der Waals surface area (Å²) in [5.41, 5.74) is 1.51. The van der Waals surface area contributed by atoms with E-state index in [2.05, 4.69) is 12.1 Å². The summed E-state index contributed by atoms with van der Waals surface area (Å²) in [5, 5.41) is 0. The second kappa shape index (κ2) is 5.16. The molecule has 0 spiro atoms. The highest BCUT2D eigenvalue weighted by Crippen LogP contribution is 2.67. The summed E-state index contributed by atoms with van der Waals surface area (Å²) in [6, 6.07) is 16.0. The lowest BCUT2D eigenvalue weighted by Gasteiger charge is -2.22. The van der Waals surface area contributed by atoms with Crippen LogP contribution in [0.3, 0.4) is 0 Å². The van der Waals surface area contributed by atoms with E-state index >= 15 is 0 Å². The molecule has 0 amide bonds. The van der Waals surface area contributed by atoms with E-state index in [1.165, 1.54) is 0 Å². The summed E-state index contributed by atoms with van der Waals surface area (Å²) in [7, 11) is 3.31. The van der Waals surface area contributed by atoms with Crippen LogP contribution in [-0.4, -0.2) is 20.5 Å². The number of carbonyl (C=O) groups is 1. The van der Waals surface area contributed by atoms with Crippen LogP contribution in [-0.2, 0) is 10.2 Å². The maximum Gasteiger partial charge on any atom is 0.127 e. The quantitative estimate of drug-likeness (QED) is 0.791. The molecule has 2 aromatic carbocycles. The largest absolute Gasteiger partial charge is 0.497 e. The van der Waals surface area contributed by atoms with Gasteiger partial charge < -0.3 is 14.3 Å². The van der Waals surface area contributed by atoms with Gasteiger partial charge >= 0.3 is 0 Å². The van der Waals surface area contributed by atoms with Crippen LogP contribution >= 0.6 is 0 Å². The highest BCUT2D eigenvalue weighted by atomic mass is 16.5. The number of methoxy groups -OCH3 is 2. The number of benzene rings is 2. The van der Waals surface area contributed by atoms with Crippen molar-refractivity contribution in [3.05, 3.63) is 59.7 Å². The maximum atomic E-state index is 11.7. The minimum Gasteiger partial charge on any atom is -0.497 e. The van der Waals surface area contributed by atoms with Gasteiger partial charge in [-0.1, -0.05) is 31.2 Å². The lowest BCUT2D eigenvalue weighted by molar-refractivity contribution is -0.112. The minimum atomic E-state index is -0.397. The topological polar surface area (TPSA) is 35.5 Å². The first-order chi connectivity index (χ1) is 10.6. The summed E-state index contributed by atoms with van der Waals surface area (Å²) >= 11 is 0. The van der Waals surface area contributed by atoms with E-state index in [1.807, 2.05) is 43.3 Å². The molecule has 3 heteroatoms. The molecule has 114 valence electrons. The average molecular weight is 296 g/mol. The fraction of sp³-hybridized carbons (Fsp3) is 0.316. The van der Waals surface area contributed by atoms with Crippen molar-refractivity contribution >= 4 is 6.29 Å². The monoisotopic (exact) mass is 296 g/mol. The highest BCUT2D eigenvalue weighted by Gasteiger charge is 2.66. The molecule has 0 saturated heterocycles. The zero-order valence-corrected chi connectivity index (χ0v) is 13.1. The van der Waals surface area contributed by atoms with Crippen LogP contribution in [0, 0.1) is 5.41 Å². The maximum absolute atomic E-state index is 11.7. The van der Waals surface area contributed by atoms with Crippen molar-refractivity contribution in [1.29, 1.82) is 0 Å². The Balaban J connectivity index is 2.16. The molecule has 0 aliphatic heterocycles. The molecule has 1 atom stereocenters. The Kier molecular flexibility index (Phi) is 3.44. The van der Waals surface area contributed by atoms with E-state index in [9.17, 15) is 4.79 Å². The normalized spacial score (nSPS) is 22.0. The van der Waals surface area contributed by atoms with Crippen LogP contribution in [0.25, 0.3) is 0 Å². The number of aldehydes is 1. The molecule has 1 aliphatic rings. The van der Waals surface area contributed by atoms with Crippen molar-refractivity contribution in [2.45, 2.75) is 18.8 Å². The Morgan fingerprint density at radius 3 is 1.82 bits per heavy atom. The standard InChI is InChI=1S/C19H20O3/c1-18(13-20)12-19(18,14-6-4-8-16(10-14)21-2)15-7-5-9-17(11-15)22-3/h4-11,13H,12H2,1-3H3. The van der Waals surface area contributed by atoms with Crippen LogP contribution in [0.15, 0.2) is 48.5 Å². The van der Waals surface area contributed by atoms with Gasteiger partial charge in [-0.25, -0.2) is 0 Å². The summed E-state index contributed by atoms with van der Waals surface area (Å²) in [6.07, 6.45) is 1.87. The fourth-order valence-electron chi connectivity index (χ4n) is 3.46. The predicted molar refractivity (Wildman–Crippen MR) is 85.6 cm³/mol. The smallest absolute Gasteiger partial charge is 0.127 e. The van der Waals surface area contributed by atoms with Crippen molar-refractivity contribution in [3.8, 4) is 11.5 Å².